The summed E-state index contributed by atoms with van der Waals surface area (Å²) in [6.07, 6.45) is 6.14. The molecule has 120 valence electrons. The Balaban J connectivity index is 1.87. The van der Waals surface area contributed by atoms with Crippen LogP contribution in [0.5, 0.6) is 0 Å². The van der Waals surface area contributed by atoms with Crippen LogP contribution in [0.15, 0.2) is 49.7 Å². The SMILES string of the molecule is COC(=O)C1=C(C)N=C2SC3=C(CCCC3)N2[C@H]1c1ccco1. The molecule has 3 aliphatic rings. The number of hydrogen-bond acceptors (Lipinski definition) is 6. The van der Waals surface area contributed by atoms with Crippen LogP contribution in [0, 0.1) is 0 Å². The molecule has 4 rings (SSSR count). The van der Waals surface area contributed by atoms with Gasteiger partial charge in [0.25, 0.3) is 0 Å². The Kier molecular flexibility index (Phi) is 3.56. The van der Waals surface area contributed by atoms with E-state index in [0.29, 0.717) is 11.3 Å². The van der Waals surface area contributed by atoms with Gasteiger partial charge in [-0.05, 0) is 44.7 Å². The van der Waals surface area contributed by atoms with E-state index in [1.165, 1.54) is 30.6 Å². The van der Waals surface area contributed by atoms with Crippen molar-refractivity contribution in [2.75, 3.05) is 7.11 Å². The molecule has 0 spiro atoms. The molecule has 0 saturated heterocycles. The maximum Gasteiger partial charge on any atom is 0.338 e. The molecule has 0 unspecified atom stereocenters. The molecule has 0 radical (unpaired) electrons. The fourth-order valence-electron chi connectivity index (χ4n) is 3.46. The molecular weight excluding hydrogens is 312 g/mol. The zero-order chi connectivity index (χ0) is 16.0. The second-order valence-corrected chi connectivity index (χ2v) is 6.91. The Bertz CT molecular complexity index is 746. The predicted molar refractivity (Wildman–Crippen MR) is 88.5 cm³/mol. The molecule has 0 bridgehead atoms. The van der Waals surface area contributed by atoms with Crippen LogP contribution in [-0.4, -0.2) is 23.1 Å². The van der Waals surface area contributed by atoms with Crippen molar-refractivity contribution < 1.29 is 13.9 Å². The van der Waals surface area contributed by atoms with Crippen molar-refractivity contribution in [1.29, 1.82) is 0 Å². The van der Waals surface area contributed by atoms with Crippen LogP contribution in [0.25, 0.3) is 0 Å². The van der Waals surface area contributed by atoms with Crippen molar-refractivity contribution in [3.8, 4) is 0 Å². The first-order chi connectivity index (χ1) is 11.2. The Morgan fingerprint density at radius 2 is 2.26 bits per heavy atom. The van der Waals surface area contributed by atoms with Crippen LogP contribution < -0.4 is 0 Å². The third-order valence-corrected chi connectivity index (χ3v) is 5.66. The van der Waals surface area contributed by atoms with E-state index in [2.05, 4.69) is 9.89 Å². The average molecular weight is 330 g/mol. The highest BCUT2D eigenvalue weighted by Crippen LogP contribution is 2.50. The number of thioether (sulfide) groups is 1. The van der Waals surface area contributed by atoms with Crippen LogP contribution >= 0.6 is 11.8 Å². The summed E-state index contributed by atoms with van der Waals surface area (Å²) in [5, 5.41) is 0.948. The van der Waals surface area contributed by atoms with Crippen molar-refractivity contribution in [2.45, 2.75) is 38.6 Å². The maximum atomic E-state index is 12.4. The molecule has 1 atom stereocenters. The smallest absolute Gasteiger partial charge is 0.338 e. The lowest BCUT2D eigenvalue weighted by molar-refractivity contribution is -0.136. The number of carbonyl (C=O) groups is 1. The lowest BCUT2D eigenvalue weighted by Crippen LogP contribution is -2.36. The highest BCUT2D eigenvalue weighted by molar-refractivity contribution is 8.17. The van der Waals surface area contributed by atoms with Crippen LogP contribution in [0.2, 0.25) is 0 Å². The van der Waals surface area contributed by atoms with Crippen LogP contribution in [0.4, 0.5) is 0 Å². The molecule has 0 amide bonds. The summed E-state index contributed by atoms with van der Waals surface area (Å²) in [6.45, 7) is 1.87. The molecule has 3 heterocycles. The second kappa shape index (κ2) is 5.60. The molecule has 5 nitrogen and oxygen atoms in total. The van der Waals surface area contributed by atoms with Gasteiger partial charge < -0.3 is 14.1 Å². The number of amidine groups is 1. The number of rotatable bonds is 2. The largest absolute Gasteiger partial charge is 0.467 e. The summed E-state index contributed by atoms with van der Waals surface area (Å²) in [7, 11) is 1.41. The third-order valence-electron chi connectivity index (χ3n) is 4.50. The van der Waals surface area contributed by atoms with Gasteiger partial charge in [-0.1, -0.05) is 11.8 Å². The van der Waals surface area contributed by atoms with Crippen molar-refractivity contribution in [3.63, 3.8) is 0 Å². The van der Waals surface area contributed by atoms with E-state index < -0.39 is 0 Å². The first-order valence-electron chi connectivity index (χ1n) is 7.81. The molecule has 2 aliphatic heterocycles. The van der Waals surface area contributed by atoms with E-state index in [9.17, 15) is 4.79 Å². The summed E-state index contributed by atoms with van der Waals surface area (Å²) >= 11 is 1.73. The van der Waals surface area contributed by atoms with Crippen LogP contribution in [0.1, 0.15) is 44.4 Å². The second-order valence-electron chi connectivity index (χ2n) is 5.85. The number of fused-ring (bicyclic) bond motifs is 2. The van der Waals surface area contributed by atoms with Gasteiger partial charge in [-0.2, -0.15) is 0 Å². The number of aliphatic imine (C=N–C) groups is 1. The number of ether oxygens (including phenoxy) is 1. The zero-order valence-corrected chi connectivity index (χ0v) is 14.0. The molecule has 0 aromatic carbocycles. The van der Waals surface area contributed by atoms with Gasteiger partial charge >= 0.3 is 5.97 Å². The highest BCUT2D eigenvalue weighted by Gasteiger charge is 2.44. The molecule has 0 fully saturated rings. The van der Waals surface area contributed by atoms with Gasteiger partial charge in [0.05, 0.1) is 24.6 Å². The van der Waals surface area contributed by atoms with E-state index in [0.717, 1.165) is 23.8 Å². The van der Waals surface area contributed by atoms with E-state index in [1.54, 1.807) is 18.0 Å². The minimum absolute atomic E-state index is 0.289. The van der Waals surface area contributed by atoms with Crippen molar-refractivity contribution >= 4 is 22.9 Å². The van der Waals surface area contributed by atoms with E-state index in [1.807, 2.05) is 19.1 Å². The van der Waals surface area contributed by atoms with Gasteiger partial charge in [0, 0.05) is 10.6 Å². The summed E-state index contributed by atoms with van der Waals surface area (Å²) in [5.74, 6) is 0.402. The number of furan rings is 1. The van der Waals surface area contributed by atoms with Gasteiger partial charge in [0.15, 0.2) is 5.17 Å². The number of esters is 1. The van der Waals surface area contributed by atoms with Crippen molar-refractivity contribution in [2.24, 2.45) is 4.99 Å². The first kappa shape index (κ1) is 14.6. The molecule has 1 aliphatic carbocycles. The number of nitrogens with zero attached hydrogens (tertiary/aromatic N) is 2. The van der Waals surface area contributed by atoms with E-state index in [-0.39, 0.29) is 12.0 Å². The Labute approximate surface area is 139 Å². The fourth-order valence-corrected chi connectivity index (χ4v) is 4.74. The predicted octanol–water partition coefficient (Wildman–Crippen LogP) is 3.97. The van der Waals surface area contributed by atoms with Gasteiger partial charge in [0.1, 0.15) is 11.8 Å². The van der Waals surface area contributed by atoms with Gasteiger partial charge in [0.2, 0.25) is 0 Å². The molecular formula is C17H18N2O3S. The standard InChI is InChI=1S/C17H18N2O3S/c1-10-14(16(20)21-2)15(12-7-5-9-22-12)19-11-6-3-4-8-13(11)23-17(19)18-10/h5,7,9,15H,3-4,6,8H2,1-2H3/t15-/m0/s1. The zero-order valence-electron chi connectivity index (χ0n) is 13.2. The molecule has 6 heteroatoms. The lowest BCUT2D eigenvalue weighted by atomic mass is 9.96. The van der Waals surface area contributed by atoms with Gasteiger partial charge in [-0.3, -0.25) is 0 Å². The number of carbonyl (C=O) groups excluding carboxylic acids is 1. The highest BCUT2D eigenvalue weighted by atomic mass is 32.2. The fraction of sp³-hybridized carbons (Fsp3) is 0.412. The number of allylic oxidation sites excluding steroid dienone is 3. The molecule has 23 heavy (non-hydrogen) atoms. The molecule has 1 aromatic rings. The normalized spacial score (nSPS) is 23.7. The number of methoxy groups -OCH3 is 1. The molecule has 0 N–H and O–H groups in total. The van der Waals surface area contributed by atoms with Crippen molar-refractivity contribution in [3.05, 3.63) is 46.0 Å². The monoisotopic (exact) mass is 330 g/mol. The first-order valence-corrected chi connectivity index (χ1v) is 8.62. The van der Waals surface area contributed by atoms with Crippen LogP contribution in [-0.2, 0) is 9.53 Å². The minimum Gasteiger partial charge on any atom is -0.467 e. The Hall–Kier alpha value is -1.95. The van der Waals surface area contributed by atoms with E-state index in [4.69, 9.17) is 9.15 Å². The Morgan fingerprint density at radius 3 is 3.00 bits per heavy atom. The quantitative estimate of drug-likeness (QED) is 0.768. The number of hydrogen-bond donors (Lipinski definition) is 0. The van der Waals surface area contributed by atoms with E-state index >= 15 is 0 Å². The summed E-state index contributed by atoms with van der Waals surface area (Å²) in [6, 6.07) is 3.48. The third kappa shape index (κ3) is 2.24. The molecule has 1 aromatic heterocycles. The topological polar surface area (TPSA) is 55.0 Å². The van der Waals surface area contributed by atoms with Gasteiger partial charge in [-0.15, -0.1) is 0 Å². The lowest BCUT2D eigenvalue weighted by Gasteiger charge is -2.35. The molecule has 0 saturated carbocycles. The summed E-state index contributed by atoms with van der Waals surface area (Å²) in [4.78, 5) is 20.6. The average Bonchev–Trinajstić information content (AvgIpc) is 3.20. The Morgan fingerprint density at radius 1 is 1.43 bits per heavy atom. The maximum absolute atomic E-state index is 12.4. The summed E-state index contributed by atoms with van der Waals surface area (Å²) in [5.41, 5.74) is 2.55. The van der Waals surface area contributed by atoms with Crippen molar-refractivity contribution in [1.82, 2.24) is 4.90 Å². The van der Waals surface area contributed by atoms with Gasteiger partial charge in [-0.25, -0.2) is 9.79 Å². The minimum atomic E-state index is -0.346. The summed E-state index contributed by atoms with van der Waals surface area (Å²) < 4.78 is 10.7. The van der Waals surface area contributed by atoms with Crippen LogP contribution in [0.3, 0.4) is 0 Å².